The zero-order valence-corrected chi connectivity index (χ0v) is 12.6. The minimum atomic E-state index is -0.827. The first-order valence-corrected chi connectivity index (χ1v) is 7.57. The van der Waals surface area contributed by atoms with Crippen LogP contribution in [0.25, 0.3) is 0 Å². The third-order valence-corrected chi connectivity index (χ3v) is 3.59. The molecule has 0 aromatic heterocycles. The van der Waals surface area contributed by atoms with E-state index in [2.05, 4.69) is 10.6 Å². The number of ether oxygens (including phenoxy) is 1. The van der Waals surface area contributed by atoms with Crippen molar-refractivity contribution in [3.63, 3.8) is 0 Å². The summed E-state index contributed by atoms with van der Waals surface area (Å²) in [5.74, 6) is -2.13. The summed E-state index contributed by atoms with van der Waals surface area (Å²) >= 11 is 0. The SMILES string of the molecule is O=C(COC(=O)c1cccc(F)c1)NC(=O)NC1CCCCC1. The molecule has 0 aliphatic heterocycles. The number of hydrogen-bond donors (Lipinski definition) is 2. The normalized spacial score (nSPS) is 14.8. The number of amides is 3. The molecule has 0 spiro atoms. The van der Waals surface area contributed by atoms with Gasteiger partial charge in [-0.1, -0.05) is 25.3 Å². The molecule has 0 heterocycles. The van der Waals surface area contributed by atoms with Gasteiger partial charge in [-0.05, 0) is 31.0 Å². The predicted octanol–water partition coefficient (Wildman–Crippen LogP) is 2.14. The number of imide groups is 1. The van der Waals surface area contributed by atoms with E-state index in [9.17, 15) is 18.8 Å². The second-order valence-electron chi connectivity index (χ2n) is 5.44. The number of nitrogens with one attached hydrogen (secondary N) is 2. The minimum absolute atomic E-state index is 0.00413. The largest absolute Gasteiger partial charge is 0.452 e. The molecule has 23 heavy (non-hydrogen) atoms. The molecule has 6 nitrogen and oxygen atoms in total. The van der Waals surface area contributed by atoms with Gasteiger partial charge >= 0.3 is 12.0 Å². The molecule has 1 fully saturated rings. The molecule has 1 saturated carbocycles. The lowest BCUT2D eigenvalue weighted by Crippen LogP contribution is -2.46. The van der Waals surface area contributed by atoms with E-state index >= 15 is 0 Å². The highest BCUT2D eigenvalue weighted by Crippen LogP contribution is 2.17. The van der Waals surface area contributed by atoms with Gasteiger partial charge in [-0.25, -0.2) is 14.0 Å². The molecule has 124 valence electrons. The summed E-state index contributed by atoms with van der Waals surface area (Å²) < 4.78 is 17.7. The van der Waals surface area contributed by atoms with E-state index in [1.165, 1.54) is 18.2 Å². The van der Waals surface area contributed by atoms with Gasteiger partial charge in [-0.2, -0.15) is 0 Å². The Bertz CT molecular complexity index is 585. The zero-order chi connectivity index (χ0) is 16.7. The van der Waals surface area contributed by atoms with E-state index in [0.717, 1.165) is 38.2 Å². The van der Waals surface area contributed by atoms with Crippen LogP contribution in [0.15, 0.2) is 24.3 Å². The fourth-order valence-corrected chi connectivity index (χ4v) is 2.46. The van der Waals surface area contributed by atoms with Gasteiger partial charge in [0.2, 0.25) is 0 Å². The fourth-order valence-electron chi connectivity index (χ4n) is 2.46. The molecular formula is C16H19FN2O4. The molecular weight excluding hydrogens is 303 g/mol. The van der Waals surface area contributed by atoms with Crippen molar-refractivity contribution in [2.24, 2.45) is 0 Å². The van der Waals surface area contributed by atoms with Crippen molar-refractivity contribution in [2.75, 3.05) is 6.61 Å². The number of urea groups is 1. The average molecular weight is 322 g/mol. The lowest BCUT2D eigenvalue weighted by atomic mass is 9.96. The topological polar surface area (TPSA) is 84.5 Å². The summed E-state index contributed by atoms with van der Waals surface area (Å²) in [4.78, 5) is 34.9. The molecule has 0 unspecified atom stereocenters. The van der Waals surface area contributed by atoms with E-state index in [1.54, 1.807) is 0 Å². The Balaban J connectivity index is 1.71. The molecule has 0 bridgehead atoms. The van der Waals surface area contributed by atoms with Crippen LogP contribution in [0.4, 0.5) is 9.18 Å². The number of rotatable bonds is 4. The molecule has 7 heteroatoms. The number of benzene rings is 1. The summed E-state index contributed by atoms with van der Waals surface area (Å²) in [5.41, 5.74) is 0.00413. The summed E-state index contributed by atoms with van der Waals surface area (Å²) in [7, 11) is 0. The van der Waals surface area contributed by atoms with Crippen LogP contribution in [0.2, 0.25) is 0 Å². The summed E-state index contributed by atoms with van der Waals surface area (Å²) in [6, 6.07) is 4.42. The lowest BCUT2D eigenvalue weighted by Gasteiger charge is -2.22. The molecule has 0 radical (unpaired) electrons. The van der Waals surface area contributed by atoms with E-state index < -0.39 is 30.3 Å². The van der Waals surface area contributed by atoms with Crippen LogP contribution >= 0.6 is 0 Å². The van der Waals surface area contributed by atoms with Crippen molar-refractivity contribution >= 4 is 17.9 Å². The molecule has 2 N–H and O–H groups in total. The van der Waals surface area contributed by atoms with Gasteiger partial charge in [0.1, 0.15) is 5.82 Å². The summed E-state index contributed by atoms with van der Waals surface area (Å²) in [6.45, 7) is -0.604. The van der Waals surface area contributed by atoms with Crippen LogP contribution < -0.4 is 10.6 Å². The molecule has 1 aromatic rings. The second-order valence-corrected chi connectivity index (χ2v) is 5.44. The smallest absolute Gasteiger partial charge is 0.338 e. The van der Waals surface area contributed by atoms with Gasteiger partial charge in [-0.3, -0.25) is 10.1 Å². The van der Waals surface area contributed by atoms with Crippen molar-refractivity contribution < 1.29 is 23.5 Å². The minimum Gasteiger partial charge on any atom is -0.452 e. The summed E-state index contributed by atoms with van der Waals surface area (Å²) in [5, 5.41) is 4.82. The standard InChI is InChI=1S/C16H19FN2O4/c17-12-6-4-5-11(9-12)15(21)23-10-14(20)19-16(22)18-13-7-2-1-3-8-13/h4-6,9,13H,1-3,7-8,10H2,(H2,18,19,20,22). The first-order chi connectivity index (χ1) is 11.0. The van der Waals surface area contributed by atoms with E-state index in [0.29, 0.717) is 0 Å². The van der Waals surface area contributed by atoms with Crippen molar-refractivity contribution in [3.05, 3.63) is 35.6 Å². The number of esters is 1. The fraction of sp³-hybridized carbons (Fsp3) is 0.438. The maximum Gasteiger partial charge on any atom is 0.338 e. The number of hydrogen-bond acceptors (Lipinski definition) is 4. The monoisotopic (exact) mass is 322 g/mol. The molecule has 0 atom stereocenters. The van der Waals surface area contributed by atoms with E-state index in [1.807, 2.05) is 0 Å². The van der Waals surface area contributed by atoms with Crippen LogP contribution in [-0.4, -0.2) is 30.6 Å². The van der Waals surface area contributed by atoms with Crippen molar-refractivity contribution in [1.82, 2.24) is 10.6 Å². The Hall–Kier alpha value is -2.44. The Morgan fingerprint density at radius 3 is 2.61 bits per heavy atom. The van der Waals surface area contributed by atoms with Crippen LogP contribution in [0.1, 0.15) is 42.5 Å². The number of carbonyl (C=O) groups excluding carboxylic acids is 3. The summed E-state index contributed by atoms with van der Waals surface area (Å²) in [6.07, 6.45) is 5.08. The molecule has 3 amide bonds. The highest BCUT2D eigenvalue weighted by Gasteiger charge is 2.17. The van der Waals surface area contributed by atoms with Crippen molar-refractivity contribution in [3.8, 4) is 0 Å². The van der Waals surface area contributed by atoms with Gasteiger partial charge in [0.15, 0.2) is 6.61 Å². The van der Waals surface area contributed by atoms with Gasteiger partial charge < -0.3 is 10.1 Å². The van der Waals surface area contributed by atoms with Gasteiger partial charge in [-0.15, -0.1) is 0 Å². The molecule has 1 aromatic carbocycles. The van der Waals surface area contributed by atoms with Gasteiger partial charge in [0, 0.05) is 6.04 Å². The first kappa shape index (κ1) is 16.9. The molecule has 2 rings (SSSR count). The Morgan fingerprint density at radius 1 is 1.17 bits per heavy atom. The van der Waals surface area contributed by atoms with Crippen LogP contribution in [-0.2, 0) is 9.53 Å². The molecule has 0 saturated heterocycles. The second kappa shape index (κ2) is 8.26. The van der Waals surface area contributed by atoms with Crippen molar-refractivity contribution in [1.29, 1.82) is 0 Å². The Kier molecular flexibility index (Phi) is 6.08. The lowest BCUT2D eigenvalue weighted by molar-refractivity contribution is -0.123. The van der Waals surface area contributed by atoms with Crippen LogP contribution in [0.3, 0.4) is 0 Å². The predicted molar refractivity (Wildman–Crippen MR) is 80.2 cm³/mol. The average Bonchev–Trinajstić information content (AvgIpc) is 2.53. The number of halogens is 1. The molecule has 1 aliphatic rings. The van der Waals surface area contributed by atoms with Gasteiger partial charge in [0.05, 0.1) is 5.56 Å². The third-order valence-electron chi connectivity index (χ3n) is 3.59. The Morgan fingerprint density at radius 2 is 1.91 bits per heavy atom. The highest BCUT2D eigenvalue weighted by molar-refractivity contribution is 5.97. The van der Waals surface area contributed by atoms with E-state index in [4.69, 9.17) is 4.74 Å². The Labute approximate surface area is 133 Å². The zero-order valence-electron chi connectivity index (χ0n) is 12.6. The molecule has 1 aliphatic carbocycles. The maximum atomic E-state index is 13.0. The first-order valence-electron chi connectivity index (χ1n) is 7.57. The van der Waals surface area contributed by atoms with Crippen molar-refractivity contribution in [2.45, 2.75) is 38.1 Å². The third kappa shape index (κ3) is 5.69. The highest BCUT2D eigenvalue weighted by atomic mass is 19.1. The quantitative estimate of drug-likeness (QED) is 0.832. The van der Waals surface area contributed by atoms with Gasteiger partial charge in [0.25, 0.3) is 5.91 Å². The number of carbonyl (C=O) groups is 3. The van der Waals surface area contributed by atoms with Crippen LogP contribution in [0, 0.1) is 5.82 Å². The van der Waals surface area contributed by atoms with E-state index in [-0.39, 0.29) is 11.6 Å². The van der Waals surface area contributed by atoms with Crippen LogP contribution in [0.5, 0.6) is 0 Å². The maximum absolute atomic E-state index is 13.0.